The number of piperazine rings is 1. The maximum absolute atomic E-state index is 12.1. The number of likely N-dealkylation sites (N-methyl/N-ethyl adjacent to an activating group) is 1. The molecule has 33 heavy (non-hydrogen) atoms. The van der Waals surface area contributed by atoms with Crippen molar-refractivity contribution in [2.75, 3.05) is 54.9 Å². The monoisotopic (exact) mass is 450 g/mol. The Labute approximate surface area is 193 Å². The first kappa shape index (κ1) is 21.6. The molecule has 2 aromatic heterocycles. The topological polar surface area (TPSA) is 107 Å². The number of anilines is 4. The van der Waals surface area contributed by atoms with Crippen molar-refractivity contribution in [3.63, 3.8) is 0 Å². The predicted molar refractivity (Wildman–Crippen MR) is 126 cm³/mol. The Bertz CT molecular complexity index is 1000. The Balaban J connectivity index is 1.33. The van der Waals surface area contributed by atoms with Crippen molar-refractivity contribution in [2.45, 2.75) is 31.7 Å². The molecule has 1 saturated carbocycles. The first-order chi connectivity index (χ1) is 16.1. The van der Waals surface area contributed by atoms with Gasteiger partial charge in [0.25, 0.3) is 0 Å². The van der Waals surface area contributed by atoms with E-state index in [1.54, 1.807) is 11.1 Å². The van der Waals surface area contributed by atoms with Gasteiger partial charge < -0.3 is 20.4 Å². The molecule has 2 amide bonds. The van der Waals surface area contributed by atoms with E-state index in [9.17, 15) is 9.59 Å². The molecule has 0 spiro atoms. The van der Waals surface area contributed by atoms with Crippen molar-refractivity contribution in [3.05, 3.63) is 30.1 Å². The van der Waals surface area contributed by atoms with Crippen LogP contribution in [0.4, 0.5) is 23.3 Å². The molecule has 1 unspecified atom stereocenters. The normalized spacial score (nSPS) is 21.1. The minimum Gasteiger partial charge on any atom is -0.368 e. The molecule has 4 heterocycles. The fourth-order valence-corrected chi connectivity index (χ4v) is 4.42. The van der Waals surface area contributed by atoms with Crippen LogP contribution in [0.5, 0.6) is 0 Å². The Morgan fingerprint density at radius 2 is 1.97 bits per heavy atom. The second-order valence-electron chi connectivity index (χ2n) is 9.08. The summed E-state index contributed by atoms with van der Waals surface area (Å²) >= 11 is 0. The number of nitrogens with one attached hydrogen (secondary N) is 2. The van der Waals surface area contributed by atoms with Crippen LogP contribution in [0.2, 0.25) is 0 Å². The Morgan fingerprint density at radius 3 is 2.61 bits per heavy atom. The molecule has 5 rings (SSSR count). The highest BCUT2D eigenvalue weighted by Crippen LogP contribution is 2.33. The van der Waals surface area contributed by atoms with Gasteiger partial charge in [-0.1, -0.05) is 0 Å². The first-order valence-electron chi connectivity index (χ1n) is 11.6. The smallest absolute Gasteiger partial charge is 0.230 e. The lowest BCUT2D eigenvalue weighted by Crippen LogP contribution is -2.44. The van der Waals surface area contributed by atoms with E-state index < -0.39 is 0 Å². The number of carbonyl (C=O) groups is 2. The third-order valence-corrected chi connectivity index (χ3v) is 6.63. The first-order valence-corrected chi connectivity index (χ1v) is 11.6. The molecule has 10 nitrogen and oxygen atoms in total. The molecule has 2 aromatic rings. The van der Waals surface area contributed by atoms with Gasteiger partial charge in [-0.05, 0) is 44.9 Å². The van der Waals surface area contributed by atoms with E-state index in [4.69, 9.17) is 0 Å². The number of carbonyl (C=O) groups excluding carboxylic acids is 2. The number of hydrogen-bond acceptors (Lipinski definition) is 8. The van der Waals surface area contributed by atoms with E-state index in [0.717, 1.165) is 63.1 Å². The fourth-order valence-electron chi connectivity index (χ4n) is 4.42. The van der Waals surface area contributed by atoms with Crippen molar-refractivity contribution >= 4 is 35.6 Å². The Hall–Kier alpha value is -3.27. The molecule has 0 radical (unpaired) electrons. The van der Waals surface area contributed by atoms with Gasteiger partial charge in [0.1, 0.15) is 11.6 Å². The SMILES string of the molecule is CN1CCN(c2ccc(Nc3ncc(CC4CCNC4=O)c(N(C=O)C4CC4)n3)nc2)CC1. The average molecular weight is 451 g/mol. The summed E-state index contributed by atoms with van der Waals surface area (Å²) in [5.41, 5.74) is 1.92. The standard InChI is InChI=1S/C23H30N8O2/c1-29-8-10-30(11-9-29)19-4-5-20(25-14-19)27-23-26-13-17(12-16-6-7-24-22(16)33)21(28-23)31(15-32)18-2-3-18/h4-5,13-16,18H,2-3,6-12H2,1H3,(H,24,33)(H,25,26,27,28). The van der Waals surface area contributed by atoms with Crippen LogP contribution in [-0.4, -0.2) is 78.0 Å². The number of rotatable bonds is 8. The molecule has 2 saturated heterocycles. The third-order valence-electron chi connectivity index (χ3n) is 6.63. The van der Waals surface area contributed by atoms with E-state index in [-0.39, 0.29) is 17.9 Å². The highest BCUT2D eigenvalue weighted by molar-refractivity contribution is 5.82. The highest BCUT2D eigenvalue weighted by atomic mass is 16.2. The van der Waals surface area contributed by atoms with E-state index in [0.29, 0.717) is 30.5 Å². The predicted octanol–water partition coefficient (Wildman–Crippen LogP) is 1.17. The van der Waals surface area contributed by atoms with E-state index in [1.165, 1.54) is 0 Å². The van der Waals surface area contributed by atoms with Gasteiger partial charge in [0.05, 0.1) is 11.9 Å². The second kappa shape index (κ2) is 9.30. The van der Waals surface area contributed by atoms with E-state index in [1.807, 2.05) is 12.3 Å². The summed E-state index contributed by atoms with van der Waals surface area (Å²) < 4.78 is 0. The van der Waals surface area contributed by atoms with Crippen LogP contribution in [0.25, 0.3) is 0 Å². The Morgan fingerprint density at radius 1 is 1.15 bits per heavy atom. The van der Waals surface area contributed by atoms with Gasteiger partial charge in [-0.3, -0.25) is 14.5 Å². The van der Waals surface area contributed by atoms with Crippen LogP contribution in [0.3, 0.4) is 0 Å². The molecule has 2 aliphatic heterocycles. The molecular formula is C23H30N8O2. The lowest BCUT2D eigenvalue weighted by Gasteiger charge is -2.33. The van der Waals surface area contributed by atoms with Crippen LogP contribution < -0.4 is 20.4 Å². The zero-order chi connectivity index (χ0) is 22.8. The summed E-state index contributed by atoms with van der Waals surface area (Å²) in [4.78, 5) is 44.0. The molecule has 10 heteroatoms. The molecule has 3 aliphatic rings. The summed E-state index contributed by atoms with van der Waals surface area (Å²) in [6.07, 6.45) is 7.67. The van der Waals surface area contributed by atoms with E-state index >= 15 is 0 Å². The molecule has 174 valence electrons. The van der Waals surface area contributed by atoms with Crippen molar-refractivity contribution in [2.24, 2.45) is 5.92 Å². The zero-order valence-corrected chi connectivity index (χ0v) is 18.9. The molecule has 2 N–H and O–H groups in total. The molecule has 1 atom stereocenters. The minimum atomic E-state index is -0.109. The fraction of sp³-hybridized carbons (Fsp3) is 0.522. The summed E-state index contributed by atoms with van der Waals surface area (Å²) in [5, 5.41) is 6.04. The molecular weight excluding hydrogens is 420 g/mol. The van der Waals surface area contributed by atoms with Crippen molar-refractivity contribution in [3.8, 4) is 0 Å². The second-order valence-corrected chi connectivity index (χ2v) is 9.08. The largest absolute Gasteiger partial charge is 0.368 e. The van der Waals surface area contributed by atoms with Crippen LogP contribution >= 0.6 is 0 Å². The van der Waals surface area contributed by atoms with Gasteiger partial charge in [0, 0.05) is 56.4 Å². The van der Waals surface area contributed by atoms with E-state index in [2.05, 4.69) is 48.5 Å². The lowest BCUT2D eigenvalue weighted by molar-refractivity contribution is -0.122. The summed E-state index contributed by atoms with van der Waals surface area (Å²) in [6, 6.07) is 4.14. The van der Waals surface area contributed by atoms with Crippen LogP contribution in [0, 0.1) is 5.92 Å². The number of pyridine rings is 1. The summed E-state index contributed by atoms with van der Waals surface area (Å²) in [7, 11) is 2.14. The highest BCUT2D eigenvalue weighted by Gasteiger charge is 2.33. The number of nitrogens with zero attached hydrogens (tertiary/aromatic N) is 6. The van der Waals surface area contributed by atoms with Crippen LogP contribution in [0.1, 0.15) is 24.8 Å². The van der Waals surface area contributed by atoms with Gasteiger partial charge in [-0.25, -0.2) is 9.97 Å². The van der Waals surface area contributed by atoms with Gasteiger partial charge in [-0.2, -0.15) is 4.98 Å². The zero-order valence-electron chi connectivity index (χ0n) is 18.9. The molecule has 0 bridgehead atoms. The molecule has 3 fully saturated rings. The number of hydrogen-bond donors (Lipinski definition) is 2. The number of amides is 2. The minimum absolute atomic E-state index is 0.0527. The summed E-state index contributed by atoms with van der Waals surface area (Å²) in [6.45, 7) is 4.75. The van der Waals surface area contributed by atoms with Gasteiger partial charge in [-0.15, -0.1) is 0 Å². The van der Waals surface area contributed by atoms with Gasteiger partial charge in [0.15, 0.2) is 0 Å². The van der Waals surface area contributed by atoms with Crippen LogP contribution in [-0.2, 0) is 16.0 Å². The van der Waals surface area contributed by atoms with Crippen molar-refractivity contribution in [1.82, 2.24) is 25.2 Å². The van der Waals surface area contributed by atoms with Crippen molar-refractivity contribution < 1.29 is 9.59 Å². The third kappa shape index (κ3) is 4.90. The lowest BCUT2D eigenvalue weighted by atomic mass is 9.99. The van der Waals surface area contributed by atoms with Crippen LogP contribution in [0.15, 0.2) is 24.5 Å². The molecule has 0 aromatic carbocycles. The van der Waals surface area contributed by atoms with Crippen molar-refractivity contribution in [1.29, 1.82) is 0 Å². The number of aromatic nitrogens is 3. The van der Waals surface area contributed by atoms with Gasteiger partial charge >= 0.3 is 0 Å². The Kier molecular flexibility index (Phi) is 6.08. The average Bonchev–Trinajstić information content (AvgIpc) is 3.59. The summed E-state index contributed by atoms with van der Waals surface area (Å²) in [5.74, 6) is 1.56. The maximum Gasteiger partial charge on any atom is 0.230 e. The van der Waals surface area contributed by atoms with Gasteiger partial charge in [0.2, 0.25) is 18.3 Å². The quantitative estimate of drug-likeness (QED) is 0.578. The maximum atomic E-state index is 12.1. The molecule has 1 aliphatic carbocycles.